The molecule has 0 aromatic heterocycles. The van der Waals surface area contributed by atoms with Crippen LogP contribution in [-0.4, -0.2) is 15.0 Å². The molecule has 20 heavy (non-hydrogen) atoms. The molecule has 0 saturated carbocycles. The van der Waals surface area contributed by atoms with Gasteiger partial charge in [0, 0.05) is 0 Å². The summed E-state index contributed by atoms with van der Waals surface area (Å²) in [6.07, 6.45) is 4.18. The van der Waals surface area contributed by atoms with Gasteiger partial charge in [-0.05, 0) is 0 Å². The first-order chi connectivity index (χ1) is 9.27. The van der Waals surface area contributed by atoms with E-state index < -0.39 is 11.6 Å². The second-order valence-corrected chi connectivity index (χ2v) is 9.50. The average molecular weight is 407 g/mol. The molecule has 0 aliphatic rings. The van der Waals surface area contributed by atoms with E-state index in [0.717, 1.165) is 19.3 Å². The molecule has 0 aliphatic carbocycles. The first kappa shape index (κ1) is 20.5. The van der Waals surface area contributed by atoms with Gasteiger partial charge in [-0.15, -0.1) is 0 Å². The third-order valence-corrected chi connectivity index (χ3v) is 6.69. The summed E-state index contributed by atoms with van der Waals surface area (Å²) in [7, 11) is 0. The van der Waals surface area contributed by atoms with Gasteiger partial charge in [0.2, 0.25) is 0 Å². The Morgan fingerprint density at radius 3 is 1.90 bits per heavy atom. The topological polar surface area (TPSA) is 0 Å². The van der Waals surface area contributed by atoms with E-state index in [1.54, 1.807) is 0 Å². The molecule has 0 fully saturated rings. The van der Waals surface area contributed by atoms with E-state index in [1.165, 1.54) is 32.6 Å². The molecule has 124 valence electrons. The molecular weight excluding hydrogens is 376 g/mol. The van der Waals surface area contributed by atoms with Gasteiger partial charge in [-0.3, -0.25) is 0 Å². The fraction of sp³-hybridized carbons (Fsp3) is 1.00. The van der Waals surface area contributed by atoms with Gasteiger partial charge in [-0.1, -0.05) is 0 Å². The molecule has 1 unspecified atom stereocenters. The predicted molar refractivity (Wildman–Crippen MR) is 76.8 cm³/mol. The minimum absolute atomic E-state index is 0.0998. The molecule has 0 aromatic rings. The van der Waals surface area contributed by atoms with Crippen LogP contribution in [0.15, 0.2) is 0 Å². The van der Waals surface area contributed by atoms with Crippen LogP contribution in [0.2, 0.25) is 0 Å². The first-order valence-corrected chi connectivity index (χ1v) is 11.2. The first-order valence-electron chi connectivity index (χ1n) is 7.81. The van der Waals surface area contributed by atoms with E-state index >= 15 is 0 Å². The Morgan fingerprint density at radius 1 is 0.950 bits per heavy atom. The summed E-state index contributed by atoms with van der Waals surface area (Å²) in [4.78, 5) is 2.08. The van der Waals surface area contributed by atoms with Crippen molar-refractivity contribution in [2.75, 3.05) is 4.93 Å². The van der Waals surface area contributed by atoms with Gasteiger partial charge in [-0.2, -0.15) is 0 Å². The number of rotatable bonds is 11. The predicted octanol–water partition coefficient (Wildman–Crippen LogP) is 3.19. The maximum atomic E-state index is 13.3. The van der Waals surface area contributed by atoms with Gasteiger partial charge < -0.3 is 0 Å². The molecule has 0 heterocycles. The van der Waals surface area contributed by atoms with E-state index in [9.17, 15) is 13.2 Å². The van der Waals surface area contributed by atoms with Crippen molar-refractivity contribution in [1.82, 2.24) is 0 Å². The Kier molecular flexibility index (Phi) is 10.5. The van der Waals surface area contributed by atoms with Crippen molar-refractivity contribution in [3.8, 4) is 0 Å². The average Bonchev–Trinajstić information content (AvgIpc) is 2.36. The Morgan fingerprint density at radius 2 is 1.45 bits per heavy atom. The number of halogens is 4. The number of unbranched alkanes of at least 4 members (excludes halogenated alkanes) is 6. The second-order valence-electron chi connectivity index (χ2n) is 6.13. The van der Waals surface area contributed by atoms with Gasteiger partial charge in [0.1, 0.15) is 0 Å². The monoisotopic (exact) mass is 407 g/mol. The van der Waals surface area contributed by atoms with Crippen LogP contribution < -0.4 is 21.2 Å². The van der Waals surface area contributed by atoms with Crippen molar-refractivity contribution < 1.29 is 34.4 Å². The molecular formula is C16H31F3I-. The third kappa shape index (κ3) is 8.08. The van der Waals surface area contributed by atoms with Crippen LogP contribution in [0.5, 0.6) is 0 Å². The summed E-state index contributed by atoms with van der Waals surface area (Å²) in [6.45, 7) is 5.58. The van der Waals surface area contributed by atoms with E-state index in [1.807, 2.05) is 6.92 Å². The second kappa shape index (κ2) is 10.3. The Bertz CT molecular complexity index is 240. The van der Waals surface area contributed by atoms with Crippen molar-refractivity contribution in [1.29, 1.82) is 0 Å². The van der Waals surface area contributed by atoms with Gasteiger partial charge in [-0.25, -0.2) is 0 Å². The summed E-state index contributed by atoms with van der Waals surface area (Å²) >= 11 is -0.0998. The van der Waals surface area contributed by atoms with E-state index in [2.05, 4.69) is 11.9 Å². The summed E-state index contributed by atoms with van der Waals surface area (Å²) in [5.74, 6) is 0. The van der Waals surface area contributed by atoms with Crippen LogP contribution in [-0.2, 0) is 0 Å². The van der Waals surface area contributed by atoms with Gasteiger partial charge >= 0.3 is 133 Å². The SMILES string of the molecule is CCCCCCCCC[C@](C)(CC(C)[I-]C)C(F)(F)F. The quantitative estimate of drug-likeness (QED) is 0.280. The molecule has 0 bridgehead atoms. The molecule has 0 N–H and O–H groups in total. The standard InChI is InChI=1S/C16H31F3I/c1-5-6-7-8-9-10-11-12-15(3,16(17,18)19)13-14(2)20-4/h14H,5-13H2,1-4H3/q-1/t14?,15-/m1/s1. The molecule has 0 saturated heterocycles. The van der Waals surface area contributed by atoms with Gasteiger partial charge in [0.05, 0.1) is 0 Å². The van der Waals surface area contributed by atoms with Crippen LogP contribution in [0.1, 0.15) is 78.6 Å². The van der Waals surface area contributed by atoms with Crippen molar-refractivity contribution >= 4 is 0 Å². The van der Waals surface area contributed by atoms with Crippen LogP contribution in [0.3, 0.4) is 0 Å². The fourth-order valence-corrected chi connectivity index (χ4v) is 3.94. The van der Waals surface area contributed by atoms with Crippen LogP contribution in [0.25, 0.3) is 0 Å². The van der Waals surface area contributed by atoms with Crippen molar-refractivity contribution in [3.63, 3.8) is 0 Å². The van der Waals surface area contributed by atoms with Crippen LogP contribution in [0.4, 0.5) is 13.2 Å². The Labute approximate surface area is 133 Å². The van der Waals surface area contributed by atoms with Gasteiger partial charge in [0.25, 0.3) is 0 Å². The minimum atomic E-state index is -4.05. The molecule has 0 aromatic carbocycles. The molecule has 0 aliphatic heterocycles. The van der Waals surface area contributed by atoms with Crippen molar-refractivity contribution in [2.24, 2.45) is 5.41 Å². The van der Waals surface area contributed by atoms with E-state index in [-0.39, 0.29) is 25.1 Å². The zero-order valence-electron chi connectivity index (χ0n) is 13.5. The number of hydrogen-bond acceptors (Lipinski definition) is 0. The van der Waals surface area contributed by atoms with Crippen molar-refractivity contribution in [3.05, 3.63) is 0 Å². The summed E-state index contributed by atoms with van der Waals surface area (Å²) in [5.41, 5.74) is -1.47. The third-order valence-electron chi connectivity index (χ3n) is 4.12. The van der Waals surface area contributed by atoms with Gasteiger partial charge in [0.15, 0.2) is 0 Å². The van der Waals surface area contributed by atoms with Crippen molar-refractivity contribution in [2.45, 2.75) is 88.7 Å². The summed E-state index contributed by atoms with van der Waals surface area (Å²) < 4.78 is 40.1. The molecule has 0 radical (unpaired) electrons. The Balaban J connectivity index is 4.12. The van der Waals surface area contributed by atoms with E-state index in [4.69, 9.17) is 0 Å². The molecule has 0 spiro atoms. The van der Waals surface area contributed by atoms with E-state index in [0.29, 0.717) is 12.8 Å². The maximum absolute atomic E-state index is 13.3. The number of hydrogen-bond donors (Lipinski definition) is 0. The summed E-state index contributed by atoms with van der Waals surface area (Å²) in [5, 5.41) is 0. The molecule has 0 nitrogen and oxygen atoms in total. The molecule has 0 amide bonds. The fourth-order valence-electron chi connectivity index (χ4n) is 2.53. The zero-order valence-corrected chi connectivity index (χ0v) is 15.6. The molecule has 4 heteroatoms. The number of alkyl halides is 5. The zero-order chi connectivity index (χ0) is 15.6. The molecule has 0 rings (SSSR count). The van der Waals surface area contributed by atoms with Crippen LogP contribution in [0, 0.1) is 5.41 Å². The summed E-state index contributed by atoms with van der Waals surface area (Å²) in [6, 6.07) is 0. The van der Waals surface area contributed by atoms with Crippen LogP contribution >= 0.6 is 0 Å². The Hall–Kier alpha value is 0.520. The molecule has 2 atom stereocenters. The normalized spacial score (nSPS) is 17.1.